The number of nitrogens with zero attached hydrogens (tertiary/aromatic N) is 3. The molecule has 2 aromatic rings. The summed E-state index contributed by atoms with van der Waals surface area (Å²) in [6.45, 7) is 6.05. The summed E-state index contributed by atoms with van der Waals surface area (Å²) >= 11 is 0. The van der Waals surface area contributed by atoms with Gasteiger partial charge >= 0.3 is 0 Å². The van der Waals surface area contributed by atoms with Gasteiger partial charge in [0.25, 0.3) is 0 Å². The van der Waals surface area contributed by atoms with Gasteiger partial charge in [-0.25, -0.2) is 9.97 Å². The van der Waals surface area contributed by atoms with E-state index in [2.05, 4.69) is 20.2 Å². The van der Waals surface area contributed by atoms with Crippen LogP contribution in [-0.4, -0.2) is 54.3 Å². The Bertz CT molecular complexity index is 683. The Kier molecular flexibility index (Phi) is 5.82. The molecule has 6 nitrogen and oxygen atoms in total. The van der Waals surface area contributed by atoms with E-state index in [0.717, 1.165) is 76.7 Å². The van der Waals surface area contributed by atoms with Crippen LogP contribution in [0.2, 0.25) is 0 Å². The molecule has 2 aliphatic rings. The van der Waals surface area contributed by atoms with Crippen molar-refractivity contribution in [3.8, 4) is 0 Å². The lowest BCUT2D eigenvalue weighted by Gasteiger charge is -2.22. The number of ether oxygens (including phenoxy) is 1. The molecule has 26 heavy (non-hydrogen) atoms. The van der Waals surface area contributed by atoms with E-state index in [-0.39, 0.29) is 0 Å². The molecular formula is C20H28N4O2. The molecule has 0 spiro atoms. The zero-order valence-corrected chi connectivity index (χ0v) is 15.3. The summed E-state index contributed by atoms with van der Waals surface area (Å²) in [6, 6.07) is 3.97. The van der Waals surface area contributed by atoms with E-state index in [4.69, 9.17) is 9.15 Å². The van der Waals surface area contributed by atoms with E-state index in [1.807, 2.05) is 12.1 Å². The third kappa shape index (κ3) is 4.43. The Morgan fingerprint density at radius 1 is 1.23 bits per heavy atom. The van der Waals surface area contributed by atoms with Crippen molar-refractivity contribution in [2.45, 2.75) is 32.1 Å². The highest BCUT2D eigenvalue weighted by molar-refractivity contribution is 5.46. The van der Waals surface area contributed by atoms with Crippen LogP contribution in [0.1, 0.15) is 29.9 Å². The van der Waals surface area contributed by atoms with Crippen LogP contribution >= 0.6 is 0 Å². The lowest BCUT2D eigenvalue weighted by Crippen LogP contribution is -2.32. The van der Waals surface area contributed by atoms with Crippen LogP contribution < -0.4 is 5.32 Å². The molecule has 1 N–H and O–H groups in total. The Balaban J connectivity index is 1.31. The summed E-state index contributed by atoms with van der Waals surface area (Å²) in [4.78, 5) is 11.6. The first-order valence-electron chi connectivity index (χ1n) is 9.77. The monoisotopic (exact) mass is 356 g/mol. The molecule has 6 heteroatoms. The third-order valence-electron chi connectivity index (χ3n) is 5.39. The van der Waals surface area contributed by atoms with Gasteiger partial charge in [-0.2, -0.15) is 0 Å². The van der Waals surface area contributed by atoms with Crippen LogP contribution in [-0.2, 0) is 24.0 Å². The predicted molar refractivity (Wildman–Crippen MR) is 100 cm³/mol. The van der Waals surface area contributed by atoms with Crippen molar-refractivity contribution in [3.63, 3.8) is 0 Å². The molecule has 0 saturated carbocycles. The van der Waals surface area contributed by atoms with E-state index >= 15 is 0 Å². The summed E-state index contributed by atoms with van der Waals surface area (Å²) in [5.41, 5.74) is 2.51. The van der Waals surface area contributed by atoms with Gasteiger partial charge < -0.3 is 19.4 Å². The first-order valence-corrected chi connectivity index (χ1v) is 9.77. The van der Waals surface area contributed by atoms with E-state index in [9.17, 15) is 0 Å². The lowest BCUT2D eigenvalue weighted by atomic mass is 10.1. The van der Waals surface area contributed by atoms with Crippen LogP contribution in [0.3, 0.4) is 0 Å². The molecule has 2 aromatic heterocycles. The van der Waals surface area contributed by atoms with Crippen molar-refractivity contribution in [1.29, 1.82) is 0 Å². The highest BCUT2D eigenvalue weighted by atomic mass is 16.5. The van der Waals surface area contributed by atoms with Gasteiger partial charge in [0.1, 0.15) is 17.9 Å². The SMILES string of the molecule is c1coc(CCCNc2ncnc3c2CCN(C[C@H]2CCOC2)CC3)c1. The number of nitrogens with one attached hydrogen (secondary N) is 1. The van der Waals surface area contributed by atoms with Gasteiger partial charge in [-0.1, -0.05) is 0 Å². The van der Waals surface area contributed by atoms with Crippen molar-refractivity contribution in [2.75, 3.05) is 44.7 Å². The van der Waals surface area contributed by atoms with Gasteiger partial charge in [0, 0.05) is 51.2 Å². The van der Waals surface area contributed by atoms with Crippen LogP contribution in [0.25, 0.3) is 0 Å². The Hall–Kier alpha value is -1.92. The normalized spacial score (nSPS) is 20.7. The fraction of sp³-hybridized carbons (Fsp3) is 0.600. The van der Waals surface area contributed by atoms with Gasteiger partial charge in [-0.3, -0.25) is 0 Å². The quantitative estimate of drug-likeness (QED) is 0.769. The molecule has 4 heterocycles. The van der Waals surface area contributed by atoms with Crippen LogP contribution in [0.4, 0.5) is 5.82 Å². The maximum atomic E-state index is 5.53. The average Bonchev–Trinajstić information content (AvgIpc) is 3.32. The second-order valence-electron chi connectivity index (χ2n) is 7.29. The molecule has 0 aliphatic carbocycles. The number of furan rings is 1. The third-order valence-corrected chi connectivity index (χ3v) is 5.39. The maximum absolute atomic E-state index is 5.53. The summed E-state index contributed by atoms with van der Waals surface area (Å²) < 4.78 is 10.9. The number of fused-ring (bicyclic) bond motifs is 1. The zero-order valence-electron chi connectivity index (χ0n) is 15.3. The Morgan fingerprint density at radius 2 is 2.19 bits per heavy atom. The van der Waals surface area contributed by atoms with Gasteiger partial charge in [0.05, 0.1) is 18.6 Å². The standard InChI is InChI=1S/C20H28N4O2/c1(3-17-4-2-11-26-17)8-21-20-18-5-9-24(13-16-7-12-25-14-16)10-6-19(18)22-15-23-20/h2,4,11,15-16H,1,3,5-10,12-14H2,(H,21,22,23)/t16-/m1/s1. The second-order valence-corrected chi connectivity index (χ2v) is 7.29. The molecule has 0 amide bonds. The minimum atomic E-state index is 0.696. The van der Waals surface area contributed by atoms with Crippen molar-refractivity contribution >= 4 is 5.82 Å². The van der Waals surface area contributed by atoms with Crippen LogP contribution in [0, 0.1) is 5.92 Å². The number of aryl methyl sites for hydroxylation is 1. The maximum Gasteiger partial charge on any atom is 0.132 e. The van der Waals surface area contributed by atoms with E-state index < -0.39 is 0 Å². The number of hydrogen-bond donors (Lipinski definition) is 1. The summed E-state index contributed by atoms with van der Waals surface area (Å²) in [5.74, 6) is 2.75. The minimum absolute atomic E-state index is 0.696. The van der Waals surface area contributed by atoms with E-state index in [0.29, 0.717) is 5.92 Å². The molecule has 1 saturated heterocycles. The van der Waals surface area contributed by atoms with Crippen LogP contribution in [0.15, 0.2) is 29.1 Å². The van der Waals surface area contributed by atoms with E-state index in [1.165, 1.54) is 17.7 Å². The molecule has 0 bridgehead atoms. The smallest absolute Gasteiger partial charge is 0.132 e. The minimum Gasteiger partial charge on any atom is -0.469 e. The van der Waals surface area contributed by atoms with Crippen molar-refractivity contribution < 1.29 is 9.15 Å². The first-order chi connectivity index (χ1) is 12.9. The number of anilines is 1. The van der Waals surface area contributed by atoms with Crippen LogP contribution in [0.5, 0.6) is 0 Å². The summed E-state index contributed by atoms with van der Waals surface area (Å²) in [7, 11) is 0. The number of rotatable bonds is 7. The van der Waals surface area contributed by atoms with Gasteiger partial charge in [0.2, 0.25) is 0 Å². The molecular weight excluding hydrogens is 328 g/mol. The molecule has 0 aromatic carbocycles. The highest BCUT2D eigenvalue weighted by Gasteiger charge is 2.23. The fourth-order valence-corrected chi connectivity index (χ4v) is 3.92. The lowest BCUT2D eigenvalue weighted by molar-refractivity contribution is 0.168. The number of hydrogen-bond acceptors (Lipinski definition) is 6. The largest absolute Gasteiger partial charge is 0.469 e. The Morgan fingerprint density at radius 3 is 3.04 bits per heavy atom. The van der Waals surface area contributed by atoms with Gasteiger partial charge in [0.15, 0.2) is 0 Å². The highest BCUT2D eigenvalue weighted by Crippen LogP contribution is 2.22. The topological polar surface area (TPSA) is 63.4 Å². The van der Waals surface area contributed by atoms with Crippen molar-refractivity contribution in [1.82, 2.24) is 14.9 Å². The Labute approximate surface area is 155 Å². The molecule has 4 rings (SSSR count). The van der Waals surface area contributed by atoms with Gasteiger partial charge in [-0.15, -0.1) is 0 Å². The summed E-state index contributed by atoms with van der Waals surface area (Å²) in [5, 5.41) is 3.52. The molecule has 140 valence electrons. The average molecular weight is 356 g/mol. The second kappa shape index (κ2) is 8.64. The number of aromatic nitrogens is 2. The molecule has 0 unspecified atom stereocenters. The molecule has 1 atom stereocenters. The fourth-order valence-electron chi connectivity index (χ4n) is 3.92. The van der Waals surface area contributed by atoms with Gasteiger partial charge in [-0.05, 0) is 37.3 Å². The first kappa shape index (κ1) is 17.5. The molecule has 1 fully saturated rings. The van der Waals surface area contributed by atoms with Crippen molar-refractivity contribution in [2.24, 2.45) is 5.92 Å². The zero-order chi connectivity index (χ0) is 17.6. The molecule has 2 aliphatic heterocycles. The van der Waals surface area contributed by atoms with E-state index in [1.54, 1.807) is 12.6 Å². The predicted octanol–water partition coefficient (Wildman–Crippen LogP) is 2.55. The molecule has 0 radical (unpaired) electrons. The summed E-state index contributed by atoms with van der Waals surface area (Å²) in [6.07, 6.45) is 8.64. The van der Waals surface area contributed by atoms with Crippen molar-refractivity contribution in [3.05, 3.63) is 41.7 Å².